The number of rotatable bonds is 13. The number of nitro groups is 1. The van der Waals surface area contributed by atoms with Crippen LogP contribution in [-0.2, 0) is 15.0 Å². The number of aliphatic imine (C=N–C) groups is 1. The summed E-state index contributed by atoms with van der Waals surface area (Å²) in [4.78, 5) is 44.2. The van der Waals surface area contributed by atoms with E-state index in [0.29, 0.717) is 19.4 Å². The Morgan fingerprint density at radius 3 is 2.09 bits per heavy atom. The number of hydrogen-bond acceptors (Lipinski definition) is 6. The van der Waals surface area contributed by atoms with Gasteiger partial charge in [0, 0.05) is 29.8 Å². The molecular weight excluding hydrogens is 566 g/mol. The number of hydrogen-bond donors (Lipinski definition) is 1. The van der Waals surface area contributed by atoms with Crippen molar-refractivity contribution in [3.63, 3.8) is 0 Å². The van der Waals surface area contributed by atoms with E-state index in [9.17, 15) is 19.7 Å². The molecule has 1 N–H and O–H groups in total. The highest BCUT2D eigenvalue weighted by molar-refractivity contribution is 5.92. The first kappa shape index (κ1) is 31.8. The van der Waals surface area contributed by atoms with Crippen LogP contribution >= 0.6 is 0 Å². The molecule has 9 heteroatoms. The van der Waals surface area contributed by atoms with Gasteiger partial charge in [-0.3, -0.25) is 24.7 Å². The second-order valence-corrected chi connectivity index (χ2v) is 11.8. The Hall–Kier alpha value is -4.63. The average Bonchev–Trinajstić information content (AvgIpc) is 3.08. The van der Waals surface area contributed by atoms with Crippen molar-refractivity contribution in [1.82, 2.24) is 15.1 Å². The molecule has 5 rings (SSSR count). The molecule has 9 nitrogen and oxygen atoms in total. The number of non-ortho nitro benzene ring substituents is 1. The molecule has 2 aliphatic rings. The molecule has 0 bridgehead atoms. The number of nitro benzene ring substituents is 1. The number of amides is 2. The average molecular weight is 608 g/mol. The van der Waals surface area contributed by atoms with E-state index in [1.165, 1.54) is 23.3 Å². The van der Waals surface area contributed by atoms with Crippen molar-refractivity contribution in [2.24, 2.45) is 4.99 Å². The molecule has 45 heavy (non-hydrogen) atoms. The van der Waals surface area contributed by atoms with Gasteiger partial charge in [-0.25, -0.2) is 0 Å². The lowest BCUT2D eigenvalue weighted by atomic mass is 9.68. The number of allylic oxidation sites excluding steroid dienone is 1. The van der Waals surface area contributed by atoms with E-state index < -0.39 is 16.9 Å². The van der Waals surface area contributed by atoms with Crippen molar-refractivity contribution >= 4 is 24.2 Å². The Kier molecular flexibility index (Phi) is 10.2. The lowest BCUT2D eigenvalue weighted by Gasteiger charge is -2.43. The van der Waals surface area contributed by atoms with Gasteiger partial charge in [-0.2, -0.15) is 0 Å². The van der Waals surface area contributed by atoms with Crippen LogP contribution in [0, 0.1) is 10.1 Å². The van der Waals surface area contributed by atoms with Crippen molar-refractivity contribution in [1.29, 1.82) is 0 Å². The Balaban J connectivity index is 1.33. The molecule has 1 saturated heterocycles. The molecular formula is C36H41N5O4. The zero-order valence-corrected chi connectivity index (χ0v) is 26.0. The molecule has 234 valence electrons. The van der Waals surface area contributed by atoms with Crippen LogP contribution in [0.1, 0.15) is 62.1 Å². The van der Waals surface area contributed by atoms with E-state index in [-0.39, 0.29) is 11.1 Å². The summed E-state index contributed by atoms with van der Waals surface area (Å²) in [6, 6.07) is 27.4. The van der Waals surface area contributed by atoms with Gasteiger partial charge in [0.15, 0.2) is 0 Å². The quantitative estimate of drug-likeness (QED) is 0.150. The number of nitrogens with one attached hydrogen (secondary N) is 1. The van der Waals surface area contributed by atoms with Crippen molar-refractivity contribution in [2.45, 2.75) is 56.9 Å². The van der Waals surface area contributed by atoms with Crippen LogP contribution in [0.3, 0.4) is 0 Å². The summed E-state index contributed by atoms with van der Waals surface area (Å²) in [7, 11) is 0. The summed E-state index contributed by atoms with van der Waals surface area (Å²) >= 11 is 0. The minimum absolute atomic E-state index is 0.0154. The first-order valence-electron chi connectivity index (χ1n) is 15.7. The second-order valence-electron chi connectivity index (χ2n) is 11.8. The minimum atomic E-state index is -0.483. The molecule has 1 fully saturated rings. The van der Waals surface area contributed by atoms with Gasteiger partial charge in [-0.1, -0.05) is 79.7 Å². The highest BCUT2D eigenvalue weighted by Crippen LogP contribution is 2.42. The predicted octanol–water partition coefficient (Wildman–Crippen LogP) is 5.82. The predicted molar refractivity (Wildman–Crippen MR) is 176 cm³/mol. The fourth-order valence-corrected chi connectivity index (χ4v) is 7.08. The fraction of sp³-hybridized carbons (Fsp3) is 0.361. The van der Waals surface area contributed by atoms with E-state index in [2.05, 4.69) is 70.9 Å². The highest BCUT2D eigenvalue weighted by Gasteiger charge is 2.39. The molecule has 0 aliphatic carbocycles. The van der Waals surface area contributed by atoms with Crippen LogP contribution in [0.15, 0.2) is 101 Å². The maximum absolute atomic E-state index is 12.7. The van der Waals surface area contributed by atoms with Crippen molar-refractivity contribution in [3.05, 3.63) is 123 Å². The van der Waals surface area contributed by atoms with Gasteiger partial charge in [0.2, 0.25) is 12.8 Å². The normalized spacial score (nSPS) is 19.8. The number of benzene rings is 3. The standard InChI is InChI=1S/C36H41N5O4/c1-3-32-35(33(34(37-25-42)27(2)38-32)28-15-17-31(18-16-28)41(44)45)40(26-43)22-10-21-39-23-19-36(20-24-39,29-11-6-4-7-12-29)30-13-8-5-9-14-30/h4-9,11-18,25-26,33-34H,3,10,19-24H2,1-2H3,(H,37,42). The lowest BCUT2D eigenvalue weighted by molar-refractivity contribution is -0.384. The number of likely N-dealkylation sites (tertiary alicyclic amines) is 1. The monoisotopic (exact) mass is 607 g/mol. The van der Waals surface area contributed by atoms with Crippen LogP contribution in [0.2, 0.25) is 0 Å². The molecule has 0 saturated carbocycles. The third kappa shape index (κ3) is 6.73. The Morgan fingerprint density at radius 2 is 1.58 bits per heavy atom. The summed E-state index contributed by atoms with van der Waals surface area (Å²) in [5.41, 5.74) is 5.68. The molecule has 0 spiro atoms. The van der Waals surface area contributed by atoms with E-state index in [0.717, 1.165) is 68.0 Å². The van der Waals surface area contributed by atoms with Crippen molar-refractivity contribution in [3.8, 4) is 0 Å². The van der Waals surface area contributed by atoms with Gasteiger partial charge >= 0.3 is 0 Å². The summed E-state index contributed by atoms with van der Waals surface area (Å²) in [6.45, 7) is 7.10. The number of piperidine rings is 1. The number of carbonyl (C=O) groups is 2. The molecule has 2 heterocycles. The molecule has 0 radical (unpaired) electrons. The smallest absolute Gasteiger partial charge is 0.269 e. The van der Waals surface area contributed by atoms with Crippen molar-refractivity contribution < 1.29 is 14.5 Å². The first-order chi connectivity index (χ1) is 21.9. The molecule has 2 atom stereocenters. The SMILES string of the molecule is CCC1=C(N(C=O)CCCN2CCC(c3ccccc3)(c3ccccc3)CC2)C(c2ccc([N+](=O)[O-])cc2)C(NC=O)C(C)=N1. The maximum Gasteiger partial charge on any atom is 0.269 e. The molecule has 3 aromatic carbocycles. The third-order valence-corrected chi connectivity index (χ3v) is 9.40. The van der Waals surface area contributed by atoms with Gasteiger partial charge in [0.25, 0.3) is 5.69 Å². The van der Waals surface area contributed by atoms with Crippen molar-refractivity contribution in [2.75, 3.05) is 26.2 Å². The van der Waals surface area contributed by atoms with Gasteiger partial charge in [0.1, 0.15) is 0 Å². The van der Waals surface area contributed by atoms with Gasteiger partial charge < -0.3 is 15.1 Å². The summed E-state index contributed by atoms with van der Waals surface area (Å²) < 4.78 is 0. The van der Waals surface area contributed by atoms with Crippen LogP contribution in [-0.4, -0.2) is 65.5 Å². The van der Waals surface area contributed by atoms with E-state index in [4.69, 9.17) is 4.99 Å². The summed E-state index contributed by atoms with van der Waals surface area (Å²) in [6.07, 6.45) is 4.89. The molecule has 2 amide bonds. The third-order valence-electron chi connectivity index (χ3n) is 9.40. The van der Waals surface area contributed by atoms with Gasteiger partial charge in [-0.05, 0) is 68.9 Å². The number of carbonyl (C=O) groups excluding carboxylic acids is 2. The lowest BCUT2D eigenvalue weighted by Crippen LogP contribution is -2.46. The summed E-state index contributed by atoms with van der Waals surface area (Å²) in [5.74, 6) is -0.416. The molecule has 0 aromatic heterocycles. The van der Waals surface area contributed by atoms with E-state index in [1.54, 1.807) is 17.0 Å². The summed E-state index contributed by atoms with van der Waals surface area (Å²) in [5, 5.41) is 14.2. The molecule has 2 unspecified atom stereocenters. The molecule has 2 aliphatic heterocycles. The Morgan fingerprint density at radius 1 is 0.978 bits per heavy atom. The topological polar surface area (TPSA) is 108 Å². The number of nitrogens with zero attached hydrogens (tertiary/aromatic N) is 4. The van der Waals surface area contributed by atoms with E-state index >= 15 is 0 Å². The Bertz CT molecular complexity index is 1490. The van der Waals surface area contributed by atoms with Crippen LogP contribution in [0.4, 0.5) is 5.69 Å². The van der Waals surface area contributed by atoms with Gasteiger partial charge in [0.05, 0.1) is 28.3 Å². The Labute approximate surface area is 264 Å². The van der Waals surface area contributed by atoms with Crippen LogP contribution in [0.5, 0.6) is 0 Å². The van der Waals surface area contributed by atoms with Crippen LogP contribution < -0.4 is 5.32 Å². The van der Waals surface area contributed by atoms with E-state index in [1.807, 2.05) is 13.8 Å². The highest BCUT2D eigenvalue weighted by atomic mass is 16.6. The zero-order chi connectivity index (χ0) is 31.8. The first-order valence-corrected chi connectivity index (χ1v) is 15.7. The zero-order valence-electron chi connectivity index (χ0n) is 26.0. The largest absolute Gasteiger partial charge is 0.350 e. The molecule has 3 aromatic rings. The maximum atomic E-state index is 12.7. The van der Waals surface area contributed by atoms with Crippen LogP contribution in [0.25, 0.3) is 0 Å². The van der Waals surface area contributed by atoms with Gasteiger partial charge in [-0.15, -0.1) is 0 Å². The second kappa shape index (κ2) is 14.4. The minimum Gasteiger partial charge on any atom is -0.350 e. The fourth-order valence-electron chi connectivity index (χ4n) is 7.08.